The Kier molecular flexibility index (Phi) is 6.27. The van der Waals surface area contributed by atoms with Crippen molar-refractivity contribution in [1.82, 2.24) is 15.6 Å². The van der Waals surface area contributed by atoms with Gasteiger partial charge in [-0.15, -0.1) is 0 Å². The van der Waals surface area contributed by atoms with E-state index in [2.05, 4.69) is 20.6 Å². The van der Waals surface area contributed by atoms with Gasteiger partial charge in [-0.2, -0.15) is 13.2 Å². The molecule has 1 aromatic heterocycles. The second kappa shape index (κ2) is 7.72. The molecule has 0 spiro atoms. The Hall–Kier alpha value is -1.79. The van der Waals surface area contributed by atoms with E-state index in [0.717, 1.165) is 11.3 Å². The van der Waals surface area contributed by atoms with E-state index in [4.69, 9.17) is 0 Å². The van der Waals surface area contributed by atoms with E-state index in [1.54, 1.807) is 6.20 Å². The zero-order valence-corrected chi connectivity index (χ0v) is 11.6. The van der Waals surface area contributed by atoms with Gasteiger partial charge in [0.1, 0.15) is 0 Å². The lowest BCUT2D eigenvalue weighted by molar-refractivity contribution is -0.132. The highest BCUT2D eigenvalue weighted by Crippen LogP contribution is 2.18. The van der Waals surface area contributed by atoms with Gasteiger partial charge in [0, 0.05) is 19.3 Å². The first-order valence-electron chi connectivity index (χ1n) is 6.42. The first kappa shape index (κ1) is 16.3. The monoisotopic (exact) mass is 288 g/mol. The summed E-state index contributed by atoms with van der Waals surface area (Å²) in [6.45, 7) is 4.48. The van der Waals surface area contributed by atoms with Crippen LogP contribution in [-0.2, 0) is 6.54 Å². The van der Waals surface area contributed by atoms with Crippen molar-refractivity contribution in [3.05, 3.63) is 29.6 Å². The minimum atomic E-state index is -4.16. The predicted octanol–water partition coefficient (Wildman–Crippen LogP) is 2.40. The Labute approximate surface area is 116 Å². The average Bonchev–Trinajstić information content (AvgIpc) is 2.36. The molecule has 7 heteroatoms. The molecule has 0 saturated carbocycles. The van der Waals surface area contributed by atoms with Crippen molar-refractivity contribution in [3.63, 3.8) is 0 Å². The van der Waals surface area contributed by atoms with Crippen LogP contribution in [-0.4, -0.2) is 30.2 Å². The molecule has 0 unspecified atom stereocenters. The normalized spacial score (nSPS) is 12.3. The average molecular weight is 288 g/mol. The third-order valence-electron chi connectivity index (χ3n) is 2.55. The van der Waals surface area contributed by atoms with E-state index in [9.17, 15) is 13.2 Å². The van der Waals surface area contributed by atoms with Crippen molar-refractivity contribution in [2.75, 3.05) is 13.1 Å². The topological polar surface area (TPSA) is 49.3 Å². The van der Waals surface area contributed by atoms with E-state index in [0.29, 0.717) is 19.0 Å². The van der Waals surface area contributed by atoms with Crippen LogP contribution in [0.3, 0.4) is 0 Å². The molecule has 1 aromatic rings. The zero-order chi connectivity index (χ0) is 15.0. The van der Waals surface area contributed by atoms with Crippen LogP contribution in [0.15, 0.2) is 23.3 Å². The van der Waals surface area contributed by atoms with Gasteiger partial charge in [0.15, 0.2) is 5.96 Å². The lowest BCUT2D eigenvalue weighted by atomic mass is 10.2. The zero-order valence-electron chi connectivity index (χ0n) is 11.6. The van der Waals surface area contributed by atoms with Crippen molar-refractivity contribution in [2.24, 2.45) is 4.99 Å². The maximum Gasteiger partial charge on any atom is 0.390 e. The van der Waals surface area contributed by atoms with Crippen molar-refractivity contribution in [1.29, 1.82) is 0 Å². The van der Waals surface area contributed by atoms with Gasteiger partial charge in [0.25, 0.3) is 0 Å². The number of hydrogen-bond acceptors (Lipinski definition) is 2. The number of aromatic nitrogens is 1. The molecule has 20 heavy (non-hydrogen) atoms. The smallest absolute Gasteiger partial charge is 0.357 e. The molecule has 4 nitrogen and oxygen atoms in total. The molecule has 0 aliphatic rings. The number of alkyl halides is 3. The van der Waals surface area contributed by atoms with Crippen LogP contribution in [0, 0.1) is 6.92 Å². The quantitative estimate of drug-likeness (QED) is 0.646. The lowest BCUT2D eigenvalue weighted by Gasteiger charge is -2.12. The Morgan fingerprint density at radius 3 is 2.70 bits per heavy atom. The van der Waals surface area contributed by atoms with E-state index in [1.807, 2.05) is 26.0 Å². The molecule has 0 aromatic carbocycles. The Bertz CT molecular complexity index is 443. The summed E-state index contributed by atoms with van der Waals surface area (Å²) in [6.07, 6.45) is -3.39. The Balaban J connectivity index is 2.57. The van der Waals surface area contributed by atoms with E-state index >= 15 is 0 Å². The lowest BCUT2D eigenvalue weighted by Crippen LogP contribution is -2.38. The van der Waals surface area contributed by atoms with Crippen LogP contribution in [0.5, 0.6) is 0 Å². The second-order valence-electron chi connectivity index (χ2n) is 4.25. The number of nitrogens with one attached hydrogen (secondary N) is 2. The summed E-state index contributed by atoms with van der Waals surface area (Å²) in [4.78, 5) is 8.42. The van der Waals surface area contributed by atoms with Crippen molar-refractivity contribution < 1.29 is 13.2 Å². The molecule has 0 aliphatic heterocycles. The van der Waals surface area contributed by atoms with Crippen LogP contribution < -0.4 is 10.6 Å². The van der Waals surface area contributed by atoms with Crippen LogP contribution in [0.25, 0.3) is 0 Å². The van der Waals surface area contributed by atoms with Gasteiger partial charge in [-0.3, -0.25) is 4.98 Å². The SMILES string of the molecule is CCNC(=NCc1ncccc1C)NCCC(F)(F)F. The minimum absolute atomic E-state index is 0.198. The molecule has 0 radical (unpaired) electrons. The number of aryl methyl sites for hydroxylation is 1. The summed E-state index contributed by atoms with van der Waals surface area (Å²) in [5.74, 6) is 0.363. The van der Waals surface area contributed by atoms with E-state index in [-0.39, 0.29) is 6.54 Å². The first-order chi connectivity index (χ1) is 9.42. The number of pyridine rings is 1. The molecule has 0 atom stereocenters. The molecule has 0 aliphatic carbocycles. The Morgan fingerprint density at radius 2 is 2.10 bits per heavy atom. The summed E-state index contributed by atoms with van der Waals surface area (Å²) in [5.41, 5.74) is 1.81. The van der Waals surface area contributed by atoms with Gasteiger partial charge in [0.05, 0.1) is 18.7 Å². The number of rotatable bonds is 5. The summed E-state index contributed by atoms with van der Waals surface area (Å²) < 4.78 is 36.3. The number of hydrogen-bond donors (Lipinski definition) is 2. The molecule has 0 saturated heterocycles. The second-order valence-corrected chi connectivity index (χ2v) is 4.25. The molecule has 0 bridgehead atoms. The van der Waals surface area contributed by atoms with Crippen molar-refractivity contribution >= 4 is 5.96 Å². The van der Waals surface area contributed by atoms with Gasteiger partial charge in [0.2, 0.25) is 0 Å². The van der Waals surface area contributed by atoms with Gasteiger partial charge in [-0.25, -0.2) is 4.99 Å². The highest BCUT2D eigenvalue weighted by molar-refractivity contribution is 5.79. The van der Waals surface area contributed by atoms with Crippen LogP contribution in [0.4, 0.5) is 13.2 Å². The fourth-order valence-electron chi connectivity index (χ4n) is 1.50. The first-order valence-corrected chi connectivity index (χ1v) is 6.42. The molecule has 112 valence electrons. The molecular weight excluding hydrogens is 269 g/mol. The van der Waals surface area contributed by atoms with Crippen molar-refractivity contribution in [2.45, 2.75) is 33.0 Å². The van der Waals surface area contributed by atoms with Crippen LogP contribution in [0.1, 0.15) is 24.6 Å². The number of nitrogens with zero attached hydrogens (tertiary/aromatic N) is 2. The van der Waals surface area contributed by atoms with Crippen LogP contribution in [0.2, 0.25) is 0 Å². The van der Waals surface area contributed by atoms with Crippen molar-refractivity contribution in [3.8, 4) is 0 Å². The van der Waals surface area contributed by atoms with E-state index < -0.39 is 12.6 Å². The standard InChI is InChI=1S/C13H19F3N4/c1-3-17-12(19-8-6-13(14,15)16)20-9-11-10(2)5-4-7-18-11/h4-5,7H,3,6,8-9H2,1-2H3,(H2,17,19,20). The molecule has 1 rings (SSSR count). The maximum atomic E-state index is 12.1. The summed E-state index contributed by atoms with van der Waals surface area (Å²) >= 11 is 0. The maximum absolute atomic E-state index is 12.1. The number of guanidine groups is 1. The largest absolute Gasteiger partial charge is 0.390 e. The number of aliphatic imine (C=N–C) groups is 1. The summed E-state index contributed by atoms with van der Waals surface area (Å²) in [6, 6.07) is 3.75. The summed E-state index contributed by atoms with van der Waals surface area (Å²) in [7, 11) is 0. The number of halogens is 3. The van der Waals surface area contributed by atoms with E-state index in [1.165, 1.54) is 0 Å². The molecular formula is C13H19F3N4. The fraction of sp³-hybridized carbons (Fsp3) is 0.538. The summed E-state index contributed by atoms with van der Waals surface area (Å²) in [5, 5.41) is 5.56. The van der Waals surface area contributed by atoms with Gasteiger partial charge >= 0.3 is 6.18 Å². The van der Waals surface area contributed by atoms with Gasteiger partial charge < -0.3 is 10.6 Å². The minimum Gasteiger partial charge on any atom is -0.357 e. The molecule has 2 N–H and O–H groups in total. The predicted molar refractivity (Wildman–Crippen MR) is 72.5 cm³/mol. The molecule has 1 heterocycles. The highest BCUT2D eigenvalue weighted by Gasteiger charge is 2.26. The van der Waals surface area contributed by atoms with Crippen LogP contribution >= 0.6 is 0 Å². The molecule has 0 fully saturated rings. The third-order valence-corrected chi connectivity index (χ3v) is 2.55. The van der Waals surface area contributed by atoms with Gasteiger partial charge in [-0.1, -0.05) is 6.07 Å². The fourth-order valence-corrected chi connectivity index (χ4v) is 1.50. The highest BCUT2D eigenvalue weighted by atomic mass is 19.4. The van der Waals surface area contributed by atoms with Gasteiger partial charge in [-0.05, 0) is 25.5 Å². The third kappa shape index (κ3) is 6.40. The Morgan fingerprint density at radius 1 is 1.35 bits per heavy atom. The molecule has 0 amide bonds.